The summed E-state index contributed by atoms with van der Waals surface area (Å²) in [6.07, 6.45) is 10.1. The number of esters is 1. The van der Waals surface area contributed by atoms with E-state index in [1.807, 2.05) is 25.1 Å². The third kappa shape index (κ3) is 5.10. The molecule has 0 unspecified atom stereocenters. The van der Waals surface area contributed by atoms with Crippen molar-refractivity contribution in [3.8, 4) is 0 Å². The van der Waals surface area contributed by atoms with Gasteiger partial charge in [0.05, 0.1) is 5.56 Å². The third-order valence-electron chi connectivity index (χ3n) is 10.3. The fraction of sp³-hybridized carbons (Fsp3) is 0.677. The van der Waals surface area contributed by atoms with Gasteiger partial charge in [0.2, 0.25) is 5.91 Å². The number of allylic oxidation sites excluding steroid dienone is 1. The summed E-state index contributed by atoms with van der Waals surface area (Å²) in [7, 11) is 0. The van der Waals surface area contributed by atoms with Crippen molar-refractivity contribution < 1.29 is 14.3 Å². The van der Waals surface area contributed by atoms with Gasteiger partial charge in [0.1, 0.15) is 6.10 Å². The second-order valence-electron chi connectivity index (χ2n) is 12.4. The van der Waals surface area contributed by atoms with Crippen molar-refractivity contribution in [2.45, 2.75) is 83.8 Å². The summed E-state index contributed by atoms with van der Waals surface area (Å²) in [6.45, 7) is 8.16. The van der Waals surface area contributed by atoms with Crippen LogP contribution in [0.1, 0.15) is 81.1 Å². The molecule has 3 aliphatic carbocycles. The molecule has 4 aliphatic rings. The van der Waals surface area contributed by atoms with E-state index in [1.165, 1.54) is 5.57 Å². The van der Waals surface area contributed by atoms with Crippen molar-refractivity contribution in [2.75, 3.05) is 29.7 Å². The molecule has 38 heavy (non-hydrogen) atoms. The minimum atomic E-state index is -0.241. The summed E-state index contributed by atoms with van der Waals surface area (Å²) in [6, 6.07) is 5.77. The predicted octanol–water partition coefficient (Wildman–Crippen LogP) is 6.64. The summed E-state index contributed by atoms with van der Waals surface area (Å²) in [4.78, 5) is 27.5. The number of hydrogen-bond acceptors (Lipinski definition) is 4. The summed E-state index contributed by atoms with van der Waals surface area (Å²) < 4.78 is 6.09. The highest BCUT2D eigenvalue weighted by Gasteiger charge is 2.56. The molecule has 1 saturated heterocycles. The lowest BCUT2D eigenvalue weighted by Gasteiger charge is -2.59. The molecule has 0 aromatic heterocycles. The van der Waals surface area contributed by atoms with Crippen LogP contribution >= 0.6 is 23.2 Å². The minimum absolute atomic E-state index is 0.0520. The number of piperidine rings is 1. The standard InChI is InChI=1S/C31H42Cl2N2O3/c1-20-18-21(4-8-27(20)35(16-14-32)17-15-33)29(37)38-23-10-12-30(2)22(19-23)5-6-24-25(30)11-13-31(3)26(24)7-9-28(36)34-31/h4-5,8,18,23-26H,6-7,9-17,19H2,1-3H3,(H,34,36)/t23-,24+,25-,26-,30-,31-/m0/s1. The number of ether oxygens (including phenoxy) is 1. The van der Waals surface area contributed by atoms with E-state index in [2.05, 4.69) is 30.1 Å². The summed E-state index contributed by atoms with van der Waals surface area (Å²) in [5.74, 6) is 2.85. The largest absolute Gasteiger partial charge is 0.458 e. The van der Waals surface area contributed by atoms with Crippen LogP contribution in [0.4, 0.5) is 5.69 Å². The summed E-state index contributed by atoms with van der Waals surface area (Å²) in [5.41, 5.74) is 4.27. The van der Waals surface area contributed by atoms with E-state index in [4.69, 9.17) is 27.9 Å². The Morgan fingerprint density at radius 1 is 1.11 bits per heavy atom. The zero-order chi connectivity index (χ0) is 27.1. The van der Waals surface area contributed by atoms with Crippen LogP contribution in [-0.4, -0.2) is 48.4 Å². The van der Waals surface area contributed by atoms with Gasteiger partial charge in [-0.3, -0.25) is 4.79 Å². The monoisotopic (exact) mass is 560 g/mol. The molecule has 1 heterocycles. The summed E-state index contributed by atoms with van der Waals surface area (Å²) >= 11 is 12.0. The van der Waals surface area contributed by atoms with Crippen LogP contribution in [-0.2, 0) is 9.53 Å². The van der Waals surface area contributed by atoms with Crippen LogP contribution < -0.4 is 10.2 Å². The van der Waals surface area contributed by atoms with Gasteiger partial charge in [-0.05, 0) is 99.3 Å². The Kier molecular flexibility index (Phi) is 8.09. The molecule has 0 bridgehead atoms. The van der Waals surface area contributed by atoms with Crippen molar-refractivity contribution >= 4 is 40.8 Å². The Morgan fingerprint density at radius 3 is 2.58 bits per heavy atom. The van der Waals surface area contributed by atoms with E-state index >= 15 is 0 Å². The number of carbonyl (C=O) groups is 2. The fourth-order valence-electron chi connectivity index (χ4n) is 8.32. The Hall–Kier alpha value is -1.72. The van der Waals surface area contributed by atoms with Gasteiger partial charge in [-0.2, -0.15) is 0 Å². The maximum Gasteiger partial charge on any atom is 0.338 e. The van der Waals surface area contributed by atoms with Crippen molar-refractivity contribution in [3.05, 3.63) is 41.0 Å². The normalized spacial score (nSPS) is 34.2. The smallest absolute Gasteiger partial charge is 0.338 e. The Labute approximate surface area is 237 Å². The maximum absolute atomic E-state index is 13.2. The van der Waals surface area contributed by atoms with Crippen LogP contribution in [0.5, 0.6) is 0 Å². The Morgan fingerprint density at radius 2 is 1.87 bits per heavy atom. The van der Waals surface area contributed by atoms with Crippen LogP contribution in [0.2, 0.25) is 0 Å². The zero-order valence-electron chi connectivity index (χ0n) is 23.0. The minimum Gasteiger partial charge on any atom is -0.458 e. The molecular formula is C31H42Cl2N2O3. The lowest BCUT2D eigenvalue weighted by Crippen LogP contribution is -2.62. The van der Waals surface area contributed by atoms with Crippen molar-refractivity contribution in [2.24, 2.45) is 23.2 Å². The number of carbonyl (C=O) groups excluding carboxylic acids is 2. The molecule has 6 atom stereocenters. The van der Waals surface area contributed by atoms with E-state index in [-0.39, 0.29) is 28.9 Å². The molecule has 1 amide bonds. The van der Waals surface area contributed by atoms with E-state index in [0.717, 1.165) is 56.2 Å². The third-order valence-corrected chi connectivity index (χ3v) is 10.6. The molecule has 5 nitrogen and oxygen atoms in total. The molecule has 208 valence electrons. The van der Waals surface area contributed by atoms with Crippen LogP contribution in [0.3, 0.4) is 0 Å². The number of alkyl halides is 2. The highest BCUT2D eigenvalue weighted by atomic mass is 35.5. The quantitative estimate of drug-likeness (QED) is 0.231. The molecule has 7 heteroatoms. The SMILES string of the molecule is Cc1cc(C(=O)O[C@H]2CC[C@@]3(C)C(=CC[C@@H]4[C@@H]3CC[C@]3(C)NC(=O)CC[C@@H]43)C2)ccc1N(CCCl)CCCl. The van der Waals surface area contributed by atoms with E-state index in [1.54, 1.807) is 0 Å². The van der Waals surface area contributed by atoms with Gasteiger partial charge in [-0.25, -0.2) is 4.79 Å². The first-order valence-electron chi connectivity index (χ1n) is 14.4. The number of nitrogens with one attached hydrogen (secondary N) is 1. The average Bonchev–Trinajstić information content (AvgIpc) is 2.88. The summed E-state index contributed by atoms with van der Waals surface area (Å²) in [5, 5.41) is 3.35. The topological polar surface area (TPSA) is 58.6 Å². The van der Waals surface area contributed by atoms with Crippen LogP contribution in [0.15, 0.2) is 29.8 Å². The van der Waals surface area contributed by atoms with Gasteiger partial charge in [-0.15, -0.1) is 23.2 Å². The van der Waals surface area contributed by atoms with E-state index in [0.29, 0.717) is 54.6 Å². The molecule has 3 fully saturated rings. The first-order chi connectivity index (χ1) is 18.2. The molecule has 5 rings (SSSR count). The van der Waals surface area contributed by atoms with E-state index in [9.17, 15) is 9.59 Å². The molecule has 2 saturated carbocycles. The van der Waals surface area contributed by atoms with Crippen molar-refractivity contribution in [1.82, 2.24) is 5.32 Å². The molecule has 0 radical (unpaired) electrons. The highest BCUT2D eigenvalue weighted by Crippen LogP contribution is 2.60. The van der Waals surface area contributed by atoms with Gasteiger partial charge in [-0.1, -0.05) is 18.6 Å². The lowest BCUT2D eigenvalue weighted by atomic mass is 9.48. The van der Waals surface area contributed by atoms with Crippen LogP contribution in [0, 0.1) is 30.1 Å². The highest BCUT2D eigenvalue weighted by molar-refractivity contribution is 6.18. The van der Waals surface area contributed by atoms with Gasteiger partial charge in [0.15, 0.2) is 0 Å². The number of amides is 1. The fourth-order valence-corrected chi connectivity index (χ4v) is 8.73. The number of fused-ring (bicyclic) bond motifs is 5. The predicted molar refractivity (Wildman–Crippen MR) is 154 cm³/mol. The van der Waals surface area contributed by atoms with Crippen molar-refractivity contribution in [1.29, 1.82) is 0 Å². The van der Waals surface area contributed by atoms with E-state index < -0.39 is 0 Å². The number of halogens is 2. The van der Waals surface area contributed by atoms with Gasteiger partial charge in [0.25, 0.3) is 0 Å². The second kappa shape index (κ2) is 11.0. The molecule has 1 N–H and O–H groups in total. The lowest BCUT2D eigenvalue weighted by molar-refractivity contribution is -0.131. The van der Waals surface area contributed by atoms with Gasteiger partial charge < -0.3 is 15.0 Å². The second-order valence-corrected chi connectivity index (χ2v) is 13.2. The maximum atomic E-state index is 13.2. The molecule has 1 aromatic carbocycles. The molecule has 1 aromatic rings. The average molecular weight is 562 g/mol. The molecule has 1 aliphatic heterocycles. The van der Waals surface area contributed by atoms with Gasteiger partial charge in [0, 0.05) is 48.9 Å². The molecular weight excluding hydrogens is 519 g/mol. The Bertz CT molecular complexity index is 1100. The number of benzene rings is 1. The number of nitrogens with zero attached hydrogens (tertiary/aromatic N) is 1. The first kappa shape index (κ1) is 27.8. The Balaban J connectivity index is 1.26. The zero-order valence-corrected chi connectivity index (χ0v) is 24.5. The number of rotatable bonds is 7. The molecule has 0 spiro atoms. The first-order valence-corrected chi connectivity index (χ1v) is 15.4. The number of anilines is 1. The van der Waals surface area contributed by atoms with Crippen LogP contribution in [0.25, 0.3) is 0 Å². The number of hydrogen-bond donors (Lipinski definition) is 1. The van der Waals surface area contributed by atoms with Crippen molar-refractivity contribution in [3.63, 3.8) is 0 Å². The van der Waals surface area contributed by atoms with Gasteiger partial charge >= 0.3 is 5.97 Å². The number of aryl methyl sites for hydroxylation is 1.